The first-order valence-corrected chi connectivity index (χ1v) is 10.6. The minimum atomic E-state index is -4.96. The number of nitrogens with one attached hydrogen (secondary N) is 1. The van der Waals surface area contributed by atoms with E-state index in [1.54, 1.807) is 0 Å². The number of phosphoric acid groups is 1. The summed E-state index contributed by atoms with van der Waals surface area (Å²) in [6.45, 7) is -5.29. The van der Waals surface area contributed by atoms with Gasteiger partial charge in [-0.2, -0.15) is 0 Å². The Bertz CT molecular complexity index is 833. The fourth-order valence-corrected chi connectivity index (χ4v) is 4.41. The molecule has 0 bridgehead atoms. The second kappa shape index (κ2) is 7.47. The number of ether oxygens (including phenoxy) is 1. The highest BCUT2D eigenvalue weighted by Crippen LogP contribution is 2.57. The molecule has 0 aromatic carbocycles. The molecule has 0 aliphatic carbocycles. The van der Waals surface area contributed by atoms with Crippen molar-refractivity contribution in [1.29, 1.82) is 0 Å². The Kier molecular flexibility index (Phi) is 6.14. The monoisotopic (exact) mass is 420 g/mol. The van der Waals surface area contributed by atoms with Gasteiger partial charge in [-0.1, -0.05) is 0 Å². The van der Waals surface area contributed by atoms with Crippen LogP contribution in [0.25, 0.3) is 0 Å². The molecule has 25 heavy (non-hydrogen) atoms. The van der Waals surface area contributed by atoms with Crippen molar-refractivity contribution in [2.24, 2.45) is 0 Å². The Morgan fingerprint density at radius 3 is 2.48 bits per heavy atom. The summed E-state index contributed by atoms with van der Waals surface area (Å²) < 4.78 is 25.8. The quantitative estimate of drug-likeness (QED) is 0.265. The molecule has 1 aliphatic rings. The van der Waals surface area contributed by atoms with Gasteiger partial charge in [0.1, 0.15) is 18.3 Å². The lowest BCUT2D eigenvalue weighted by molar-refractivity contribution is -0.0541. The van der Waals surface area contributed by atoms with E-state index in [1.807, 2.05) is 4.98 Å². The van der Waals surface area contributed by atoms with Crippen LogP contribution in [0.2, 0.25) is 0 Å². The first-order chi connectivity index (χ1) is 11.4. The Morgan fingerprint density at radius 1 is 1.28 bits per heavy atom. The second-order valence-electron chi connectivity index (χ2n) is 4.90. The molecule has 0 spiro atoms. The Hall–Kier alpha value is -0.760. The lowest BCUT2D eigenvalue weighted by atomic mass is 10.1. The van der Waals surface area contributed by atoms with Crippen LogP contribution in [0.5, 0.6) is 0 Å². The van der Waals surface area contributed by atoms with Gasteiger partial charge in [-0.05, 0) is 11.8 Å². The molecule has 13 nitrogen and oxygen atoms in total. The number of hydrogen-bond acceptors (Lipinski definition) is 9. The molecule has 1 fully saturated rings. The van der Waals surface area contributed by atoms with E-state index in [0.717, 1.165) is 16.8 Å². The summed E-state index contributed by atoms with van der Waals surface area (Å²) in [5, 5.41) is 19.9. The van der Waals surface area contributed by atoms with Gasteiger partial charge in [0.25, 0.3) is 5.56 Å². The number of phosphoric ester groups is 1. The summed E-state index contributed by atoms with van der Waals surface area (Å²) in [4.78, 5) is 51.6. The molecule has 2 rings (SSSR count). The summed E-state index contributed by atoms with van der Waals surface area (Å²) in [6, 6.07) is 0.985. The van der Waals surface area contributed by atoms with E-state index in [2.05, 4.69) is 20.6 Å². The first-order valence-electron chi connectivity index (χ1n) is 6.47. The molecule has 0 radical (unpaired) electrons. The smallest absolute Gasteiger partial charge is 0.387 e. The van der Waals surface area contributed by atoms with Crippen LogP contribution >= 0.6 is 14.5 Å². The Labute approximate surface area is 143 Å². The molecule has 2 heterocycles. The van der Waals surface area contributed by atoms with Crippen molar-refractivity contribution in [3.8, 4) is 0 Å². The summed E-state index contributed by atoms with van der Waals surface area (Å²) in [5.41, 5.74) is -1.60. The summed E-state index contributed by atoms with van der Waals surface area (Å²) in [6.07, 6.45) is -5.02. The molecule has 142 valence electrons. The Morgan fingerprint density at radius 2 is 1.92 bits per heavy atom. The molecular formula is C9H14N2O11P2S. The van der Waals surface area contributed by atoms with Crippen molar-refractivity contribution in [2.75, 3.05) is 6.61 Å². The largest absolute Gasteiger partial charge is 0.479 e. The summed E-state index contributed by atoms with van der Waals surface area (Å²) in [5.74, 6) is 0. The highest BCUT2D eigenvalue weighted by molar-refractivity contribution is 8.08. The number of aromatic nitrogens is 2. The average molecular weight is 420 g/mol. The van der Waals surface area contributed by atoms with Crippen LogP contribution in [0, 0.1) is 0 Å². The van der Waals surface area contributed by atoms with E-state index in [0.29, 0.717) is 0 Å². The number of rotatable bonds is 6. The Balaban J connectivity index is 2.09. The normalized spacial score (nSPS) is 29.5. The van der Waals surface area contributed by atoms with Crippen molar-refractivity contribution in [3.05, 3.63) is 33.1 Å². The van der Waals surface area contributed by atoms with Gasteiger partial charge in [0.05, 0.1) is 6.61 Å². The van der Waals surface area contributed by atoms with Crippen molar-refractivity contribution in [1.82, 2.24) is 9.55 Å². The number of nitrogens with zero attached hydrogens (tertiary/aromatic N) is 1. The minimum absolute atomic E-state index is 0.684. The lowest BCUT2D eigenvalue weighted by Crippen LogP contribution is -2.37. The van der Waals surface area contributed by atoms with Crippen LogP contribution in [0.3, 0.4) is 0 Å². The van der Waals surface area contributed by atoms with Crippen molar-refractivity contribution in [2.45, 2.75) is 24.5 Å². The molecule has 1 saturated heterocycles. The molecular weight excluding hydrogens is 406 g/mol. The zero-order valence-corrected chi connectivity index (χ0v) is 14.7. The van der Waals surface area contributed by atoms with Crippen LogP contribution in [-0.4, -0.2) is 59.4 Å². The zero-order chi connectivity index (χ0) is 19.0. The van der Waals surface area contributed by atoms with Crippen molar-refractivity contribution < 1.29 is 43.0 Å². The fraction of sp³-hybridized carbons (Fsp3) is 0.556. The van der Waals surface area contributed by atoms with E-state index in [4.69, 9.17) is 14.5 Å². The van der Waals surface area contributed by atoms with E-state index in [-0.39, 0.29) is 0 Å². The first kappa shape index (κ1) is 20.6. The van der Waals surface area contributed by atoms with E-state index in [1.165, 1.54) is 0 Å². The highest BCUT2D eigenvalue weighted by atomic mass is 32.5. The number of aromatic amines is 1. The van der Waals surface area contributed by atoms with Gasteiger partial charge in [0.2, 0.25) is 0 Å². The van der Waals surface area contributed by atoms with Gasteiger partial charge in [-0.3, -0.25) is 18.9 Å². The molecule has 6 N–H and O–H groups in total. The third-order valence-electron chi connectivity index (χ3n) is 3.07. The number of hydrogen-bond donors (Lipinski definition) is 6. The van der Waals surface area contributed by atoms with Gasteiger partial charge in [0.15, 0.2) is 6.23 Å². The molecule has 0 amide bonds. The average Bonchev–Trinajstić information content (AvgIpc) is 2.71. The van der Waals surface area contributed by atoms with E-state index >= 15 is 0 Å². The van der Waals surface area contributed by atoms with E-state index in [9.17, 15) is 29.3 Å². The number of aliphatic hydroxyl groups excluding tert-OH is 2. The van der Waals surface area contributed by atoms with Gasteiger partial charge < -0.3 is 29.6 Å². The van der Waals surface area contributed by atoms with E-state index < -0.39 is 56.9 Å². The van der Waals surface area contributed by atoms with Crippen molar-refractivity contribution in [3.63, 3.8) is 0 Å². The molecule has 5 atom stereocenters. The van der Waals surface area contributed by atoms with Crippen LogP contribution in [0.1, 0.15) is 6.23 Å². The third kappa shape index (κ3) is 5.36. The number of H-pyrrole nitrogens is 1. The zero-order valence-electron chi connectivity index (χ0n) is 12.1. The molecule has 3 unspecified atom stereocenters. The van der Waals surface area contributed by atoms with Crippen molar-refractivity contribution >= 4 is 26.3 Å². The minimum Gasteiger partial charge on any atom is -0.387 e. The van der Waals surface area contributed by atoms with Gasteiger partial charge in [-0.25, -0.2) is 13.7 Å². The molecule has 1 aromatic rings. The van der Waals surface area contributed by atoms with Gasteiger partial charge in [-0.15, -0.1) is 0 Å². The standard InChI is InChI=1S/C9H14N2O11P2S/c12-5-1-2-11(9(15)10-5)8-7(14)6(13)4(21-8)3-20-23(16,17)22-24(18,19)25/h1-2,4,6-8,13-14H,3H2,(H,16,17)(H,10,12,15)(H2,18,19,25)/t4-,6?,7?,8-/m0/s1. The number of aliphatic hydroxyl groups is 2. The molecule has 1 aromatic heterocycles. The van der Waals surface area contributed by atoms with Gasteiger partial charge >= 0.3 is 20.2 Å². The predicted octanol–water partition coefficient (Wildman–Crippen LogP) is -2.50. The molecule has 1 aliphatic heterocycles. The summed E-state index contributed by atoms with van der Waals surface area (Å²) in [7, 11) is -4.96. The second-order valence-corrected chi connectivity index (χ2v) is 9.16. The predicted molar refractivity (Wildman–Crippen MR) is 82.8 cm³/mol. The fourth-order valence-electron chi connectivity index (χ4n) is 2.05. The van der Waals surface area contributed by atoms with Crippen LogP contribution in [0.4, 0.5) is 0 Å². The summed E-state index contributed by atoms with van der Waals surface area (Å²) >= 11 is 4.03. The third-order valence-corrected chi connectivity index (χ3v) is 5.83. The topological polar surface area (TPSA) is 201 Å². The maximum Gasteiger partial charge on any atom is 0.479 e. The van der Waals surface area contributed by atoms with Crippen LogP contribution in [0.15, 0.2) is 21.9 Å². The molecule has 16 heteroatoms. The SMILES string of the molecule is O=c1ccn([C@H]2O[C@@H](COP(=O)(O)OP(O)(O)=S)C(O)C2O)c(=O)[nH]1. The van der Waals surface area contributed by atoms with Crippen LogP contribution in [-0.2, 0) is 29.9 Å². The van der Waals surface area contributed by atoms with Crippen LogP contribution < -0.4 is 11.2 Å². The maximum atomic E-state index is 11.7. The highest BCUT2D eigenvalue weighted by Gasteiger charge is 2.45. The lowest BCUT2D eigenvalue weighted by Gasteiger charge is -2.18. The van der Waals surface area contributed by atoms with Gasteiger partial charge in [0, 0.05) is 12.3 Å². The molecule has 0 saturated carbocycles. The maximum absolute atomic E-state index is 11.7.